The Kier molecular flexibility index (Phi) is 5.78. The van der Waals surface area contributed by atoms with Crippen LogP contribution in [0.5, 0.6) is 0 Å². The molecule has 0 aliphatic rings. The third-order valence-electron chi connectivity index (χ3n) is 2.86. The van der Waals surface area contributed by atoms with Crippen molar-refractivity contribution in [2.45, 2.75) is 11.8 Å². The number of anilines is 1. The van der Waals surface area contributed by atoms with E-state index in [4.69, 9.17) is 5.73 Å². The fraction of sp³-hybridized carbons (Fsp3) is 0.455. The van der Waals surface area contributed by atoms with Crippen molar-refractivity contribution in [1.29, 1.82) is 0 Å². The van der Waals surface area contributed by atoms with E-state index in [1.807, 2.05) is 0 Å². The number of benzene rings is 1. The van der Waals surface area contributed by atoms with E-state index in [-0.39, 0.29) is 17.2 Å². The number of nitrogen functional groups attached to an aromatic ring is 1. The van der Waals surface area contributed by atoms with Crippen molar-refractivity contribution in [2.75, 3.05) is 32.1 Å². The van der Waals surface area contributed by atoms with E-state index in [0.717, 1.165) is 4.31 Å². The van der Waals surface area contributed by atoms with E-state index in [1.165, 1.54) is 20.2 Å². The van der Waals surface area contributed by atoms with Crippen LogP contribution in [-0.4, -0.2) is 47.5 Å². The van der Waals surface area contributed by atoms with Crippen LogP contribution in [0.4, 0.5) is 5.69 Å². The number of hydrogen-bond acceptors (Lipinski definition) is 5. The monoisotopic (exact) mass is 399 g/mol. The Hall–Kier alpha value is -0.680. The Morgan fingerprint density at radius 3 is 2.33 bits per heavy atom. The average molecular weight is 400 g/mol. The molecule has 0 radical (unpaired) electrons. The zero-order valence-corrected chi connectivity index (χ0v) is 15.1. The standard InChI is InChI=1S/C11H18BrN3O4S2/c1-8-10(13)6-9(12)7-11(8)21(18,19)14-4-5-20(16,17)15(2)3/h6-7,14H,4-5,13H2,1-3H3. The van der Waals surface area contributed by atoms with Crippen LogP contribution in [0, 0.1) is 6.92 Å². The molecule has 1 aromatic carbocycles. The molecule has 1 aromatic rings. The van der Waals surface area contributed by atoms with Gasteiger partial charge in [-0.2, -0.15) is 0 Å². The number of hydrogen-bond donors (Lipinski definition) is 2. The predicted molar refractivity (Wildman–Crippen MR) is 86.0 cm³/mol. The number of nitrogens with zero attached hydrogens (tertiary/aromatic N) is 1. The molecule has 0 atom stereocenters. The third-order valence-corrected chi connectivity index (χ3v) is 6.74. The summed E-state index contributed by atoms with van der Waals surface area (Å²) in [5.74, 6) is -0.318. The van der Waals surface area contributed by atoms with E-state index in [1.54, 1.807) is 13.0 Å². The van der Waals surface area contributed by atoms with Crippen molar-refractivity contribution < 1.29 is 16.8 Å². The molecule has 0 aromatic heterocycles. The van der Waals surface area contributed by atoms with Gasteiger partial charge < -0.3 is 5.73 Å². The quantitative estimate of drug-likeness (QED) is 0.677. The summed E-state index contributed by atoms with van der Waals surface area (Å²) in [6, 6.07) is 3.03. The molecule has 0 heterocycles. The molecular weight excluding hydrogens is 382 g/mol. The average Bonchev–Trinajstić information content (AvgIpc) is 2.32. The second-order valence-corrected chi connectivity index (χ2v) is 9.57. The van der Waals surface area contributed by atoms with Crippen LogP contribution >= 0.6 is 15.9 Å². The van der Waals surface area contributed by atoms with Gasteiger partial charge in [0.25, 0.3) is 0 Å². The van der Waals surface area contributed by atoms with Gasteiger partial charge in [-0.25, -0.2) is 25.9 Å². The Morgan fingerprint density at radius 2 is 1.81 bits per heavy atom. The highest BCUT2D eigenvalue weighted by Crippen LogP contribution is 2.26. The molecule has 21 heavy (non-hydrogen) atoms. The normalized spacial score (nSPS) is 12.8. The maximum atomic E-state index is 12.2. The van der Waals surface area contributed by atoms with Crippen LogP contribution < -0.4 is 10.5 Å². The SMILES string of the molecule is Cc1c(N)cc(Br)cc1S(=O)(=O)NCCS(=O)(=O)N(C)C. The smallest absolute Gasteiger partial charge is 0.240 e. The molecule has 0 saturated heterocycles. The lowest BCUT2D eigenvalue weighted by atomic mass is 10.2. The molecular formula is C11H18BrN3O4S2. The van der Waals surface area contributed by atoms with Crippen LogP contribution in [0.3, 0.4) is 0 Å². The largest absolute Gasteiger partial charge is 0.398 e. The van der Waals surface area contributed by atoms with Gasteiger partial charge in [0.2, 0.25) is 20.0 Å². The Morgan fingerprint density at radius 1 is 1.24 bits per heavy atom. The first kappa shape index (κ1) is 18.4. The number of halogens is 1. The molecule has 0 bridgehead atoms. The maximum Gasteiger partial charge on any atom is 0.240 e. The van der Waals surface area contributed by atoms with Gasteiger partial charge in [0.1, 0.15) is 0 Å². The van der Waals surface area contributed by atoms with Gasteiger partial charge in [-0.05, 0) is 24.6 Å². The van der Waals surface area contributed by atoms with Crippen LogP contribution in [0.15, 0.2) is 21.5 Å². The minimum Gasteiger partial charge on any atom is -0.398 e. The van der Waals surface area contributed by atoms with Gasteiger partial charge in [0.05, 0.1) is 10.6 Å². The highest BCUT2D eigenvalue weighted by atomic mass is 79.9. The van der Waals surface area contributed by atoms with Gasteiger partial charge in [0, 0.05) is 30.8 Å². The fourth-order valence-corrected chi connectivity index (χ4v) is 4.33. The number of nitrogens with one attached hydrogen (secondary N) is 1. The lowest BCUT2D eigenvalue weighted by Gasteiger charge is -2.13. The van der Waals surface area contributed by atoms with Crippen molar-refractivity contribution in [1.82, 2.24) is 9.03 Å². The summed E-state index contributed by atoms with van der Waals surface area (Å²) in [6.45, 7) is 1.38. The first-order valence-corrected chi connectivity index (χ1v) is 9.81. The molecule has 0 saturated carbocycles. The molecule has 1 rings (SSSR count). The molecule has 0 spiro atoms. The van der Waals surface area contributed by atoms with Crippen molar-refractivity contribution in [3.8, 4) is 0 Å². The summed E-state index contributed by atoms with van der Waals surface area (Å²) in [5.41, 5.74) is 6.49. The molecule has 0 unspecified atom stereocenters. The van der Waals surface area contributed by atoms with Gasteiger partial charge in [-0.1, -0.05) is 15.9 Å². The molecule has 0 amide bonds. The molecule has 0 aliphatic heterocycles. The number of rotatable bonds is 6. The molecule has 120 valence electrons. The second kappa shape index (κ2) is 6.61. The van der Waals surface area contributed by atoms with Crippen molar-refractivity contribution in [2.24, 2.45) is 0 Å². The Balaban J connectivity index is 2.94. The van der Waals surface area contributed by atoms with Gasteiger partial charge in [-0.15, -0.1) is 0 Å². The van der Waals surface area contributed by atoms with Crippen LogP contribution in [0.2, 0.25) is 0 Å². The van der Waals surface area contributed by atoms with Crippen molar-refractivity contribution >= 4 is 41.7 Å². The summed E-state index contributed by atoms with van der Waals surface area (Å²) in [6.07, 6.45) is 0. The molecule has 0 fully saturated rings. The second-order valence-electron chi connectivity index (χ2n) is 4.61. The minimum absolute atomic E-state index is 0.0247. The Labute approximate surface area is 133 Å². The maximum absolute atomic E-state index is 12.2. The van der Waals surface area contributed by atoms with Gasteiger partial charge >= 0.3 is 0 Å². The number of nitrogens with two attached hydrogens (primary N) is 1. The molecule has 0 aliphatic carbocycles. The summed E-state index contributed by atoms with van der Waals surface area (Å²) in [4.78, 5) is 0.0247. The Bertz CT molecular complexity index is 730. The number of sulfonamides is 2. The van der Waals surface area contributed by atoms with E-state index in [0.29, 0.717) is 15.7 Å². The van der Waals surface area contributed by atoms with E-state index >= 15 is 0 Å². The minimum atomic E-state index is -3.83. The van der Waals surface area contributed by atoms with E-state index in [9.17, 15) is 16.8 Å². The predicted octanol–water partition coefficient (Wildman–Crippen LogP) is 0.509. The zero-order valence-electron chi connectivity index (χ0n) is 11.9. The zero-order chi connectivity index (χ0) is 16.4. The third kappa shape index (κ3) is 4.65. The van der Waals surface area contributed by atoms with Gasteiger partial charge in [0.15, 0.2) is 0 Å². The lowest BCUT2D eigenvalue weighted by Crippen LogP contribution is -2.34. The topological polar surface area (TPSA) is 110 Å². The van der Waals surface area contributed by atoms with Crippen LogP contribution in [0.25, 0.3) is 0 Å². The summed E-state index contributed by atoms with van der Waals surface area (Å²) < 4.78 is 51.5. The first-order chi connectivity index (χ1) is 9.47. The van der Waals surface area contributed by atoms with Crippen LogP contribution in [0.1, 0.15) is 5.56 Å². The van der Waals surface area contributed by atoms with Crippen molar-refractivity contribution in [3.63, 3.8) is 0 Å². The summed E-state index contributed by atoms with van der Waals surface area (Å²) >= 11 is 3.18. The van der Waals surface area contributed by atoms with Gasteiger partial charge in [-0.3, -0.25) is 0 Å². The first-order valence-electron chi connectivity index (χ1n) is 5.93. The molecule has 7 nitrogen and oxygen atoms in total. The summed E-state index contributed by atoms with van der Waals surface area (Å²) in [7, 11) is -4.50. The van der Waals surface area contributed by atoms with Crippen molar-refractivity contribution in [3.05, 3.63) is 22.2 Å². The van der Waals surface area contributed by atoms with E-state index < -0.39 is 20.0 Å². The summed E-state index contributed by atoms with van der Waals surface area (Å²) in [5, 5.41) is 0. The molecule has 10 heteroatoms. The van der Waals surface area contributed by atoms with Crippen LogP contribution in [-0.2, 0) is 20.0 Å². The fourth-order valence-electron chi connectivity index (χ4n) is 1.52. The lowest BCUT2D eigenvalue weighted by molar-refractivity contribution is 0.519. The molecule has 3 N–H and O–H groups in total. The highest BCUT2D eigenvalue weighted by Gasteiger charge is 2.20. The highest BCUT2D eigenvalue weighted by molar-refractivity contribution is 9.10. The van der Waals surface area contributed by atoms with E-state index in [2.05, 4.69) is 20.7 Å².